The summed E-state index contributed by atoms with van der Waals surface area (Å²) in [5.41, 5.74) is 1.29. The number of nitrogens with zero attached hydrogens (tertiary/aromatic N) is 2. The van der Waals surface area contributed by atoms with Crippen LogP contribution in [0.2, 0.25) is 0 Å². The van der Waals surface area contributed by atoms with Crippen LogP contribution in [-0.2, 0) is 0 Å². The number of nitrogens with one attached hydrogen (secondary N) is 2. The van der Waals surface area contributed by atoms with Crippen molar-refractivity contribution in [2.24, 2.45) is 0 Å². The fourth-order valence-electron chi connectivity index (χ4n) is 3.43. The molecule has 0 saturated heterocycles. The van der Waals surface area contributed by atoms with E-state index in [1.807, 2.05) is 6.07 Å². The molecule has 152 valence electrons. The average molecular weight is 404 g/mol. The van der Waals surface area contributed by atoms with Gasteiger partial charge in [0, 0.05) is 16.8 Å². The lowest BCUT2D eigenvalue weighted by Crippen LogP contribution is -2.54. The van der Waals surface area contributed by atoms with Crippen molar-refractivity contribution >= 4 is 11.7 Å². The molecule has 1 aromatic heterocycles. The van der Waals surface area contributed by atoms with E-state index in [1.165, 1.54) is 6.26 Å². The number of aliphatic hydroxyl groups is 1. The van der Waals surface area contributed by atoms with Gasteiger partial charge in [-0.05, 0) is 50.2 Å². The number of nitriles is 1. The Bertz CT molecular complexity index is 1120. The number of benzene rings is 2. The molecule has 1 aliphatic rings. The Morgan fingerprint density at radius 2 is 2.10 bits per heavy atom. The van der Waals surface area contributed by atoms with Gasteiger partial charge in [0.15, 0.2) is 0 Å². The van der Waals surface area contributed by atoms with E-state index in [2.05, 4.69) is 21.7 Å². The van der Waals surface area contributed by atoms with Gasteiger partial charge in [0.2, 0.25) is 5.89 Å². The molecule has 3 aromatic rings. The number of carbonyl (C=O) groups excluding carboxylic acids is 1. The number of oxazole rings is 1. The monoisotopic (exact) mass is 404 g/mol. The van der Waals surface area contributed by atoms with Gasteiger partial charge < -0.3 is 24.9 Å². The summed E-state index contributed by atoms with van der Waals surface area (Å²) in [5, 5.41) is 25.6. The summed E-state index contributed by atoms with van der Waals surface area (Å²) in [4.78, 5) is 16.8. The van der Waals surface area contributed by atoms with Crippen LogP contribution in [0.15, 0.2) is 59.3 Å². The first-order chi connectivity index (χ1) is 14.4. The van der Waals surface area contributed by atoms with Crippen molar-refractivity contribution in [1.82, 2.24) is 10.3 Å². The molecule has 0 unspecified atom stereocenters. The number of urea groups is 1. The van der Waals surface area contributed by atoms with Gasteiger partial charge in [-0.1, -0.05) is 6.07 Å². The fraction of sp³-hybridized carbons (Fsp3) is 0.227. The fourth-order valence-corrected chi connectivity index (χ4v) is 3.43. The molecule has 1 aliphatic heterocycles. The Morgan fingerprint density at radius 1 is 1.27 bits per heavy atom. The van der Waals surface area contributed by atoms with Gasteiger partial charge in [0.25, 0.3) is 0 Å². The first-order valence-electron chi connectivity index (χ1n) is 9.36. The molecule has 0 aliphatic carbocycles. The zero-order chi connectivity index (χ0) is 21.3. The van der Waals surface area contributed by atoms with Crippen molar-refractivity contribution in [3.63, 3.8) is 0 Å². The van der Waals surface area contributed by atoms with Crippen molar-refractivity contribution in [2.45, 2.75) is 31.6 Å². The third-order valence-electron chi connectivity index (χ3n) is 4.96. The van der Waals surface area contributed by atoms with Crippen LogP contribution in [-0.4, -0.2) is 27.8 Å². The van der Waals surface area contributed by atoms with Crippen molar-refractivity contribution in [3.8, 4) is 23.3 Å². The number of anilines is 1. The predicted molar refractivity (Wildman–Crippen MR) is 109 cm³/mol. The lowest BCUT2D eigenvalue weighted by Gasteiger charge is -2.42. The van der Waals surface area contributed by atoms with Crippen LogP contribution in [0.25, 0.3) is 11.5 Å². The molecular weight excluding hydrogens is 384 g/mol. The third kappa shape index (κ3) is 3.71. The molecule has 0 spiro atoms. The molecule has 8 nitrogen and oxygen atoms in total. The van der Waals surface area contributed by atoms with Crippen LogP contribution in [0.3, 0.4) is 0 Å². The molecule has 2 atom stereocenters. The highest BCUT2D eigenvalue weighted by Gasteiger charge is 2.43. The van der Waals surface area contributed by atoms with E-state index in [9.17, 15) is 15.2 Å². The van der Waals surface area contributed by atoms with E-state index >= 15 is 0 Å². The highest BCUT2D eigenvalue weighted by Crippen LogP contribution is 2.40. The molecule has 2 aromatic carbocycles. The largest absolute Gasteiger partial charge is 0.485 e. The SMILES string of the molecule is CC1(C)Oc2ccc(C#N)cc2[C@@H](NC(=O)Nc2cccc(-c3ncco3)c2)[C@@H]1O. The Labute approximate surface area is 173 Å². The van der Waals surface area contributed by atoms with E-state index in [0.717, 1.165) is 0 Å². The maximum Gasteiger partial charge on any atom is 0.319 e. The highest BCUT2D eigenvalue weighted by molar-refractivity contribution is 5.90. The molecular formula is C22H20N4O4. The van der Waals surface area contributed by atoms with Crippen molar-refractivity contribution in [1.29, 1.82) is 5.26 Å². The lowest BCUT2D eigenvalue weighted by atomic mass is 9.86. The number of amides is 2. The molecule has 0 bridgehead atoms. The van der Waals surface area contributed by atoms with Crippen LogP contribution in [0.5, 0.6) is 5.75 Å². The van der Waals surface area contributed by atoms with Crippen molar-refractivity contribution in [3.05, 3.63) is 66.1 Å². The topological polar surface area (TPSA) is 120 Å². The summed E-state index contributed by atoms with van der Waals surface area (Å²) >= 11 is 0. The quantitative estimate of drug-likeness (QED) is 0.613. The molecule has 8 heteroatoms. The maximum absolute atomic E-state index is 12.7. The number of aliphatic hydroxyl groups excluding tert-OH is 1. The van der Waals surface area contributed by atoms with E-state index in [-0.39, 0.29) is 0 Å². The summed E-state index contributed by atoms with van der Waals surface area (Å²) in [6.07, 6.45) is 2.00. The number of carbonyl (C=O) groups is 1. The zero-order valence-electron chi connectivity index (χ0n) is 16.4. The maximum atomic E-state index is 12.7. The second kappa shape index (κ2) is 7.54. The van der Waals surface area contributed by atoms with Crippen LogP contribution in [0.1, 0.15) is 31.0 Å². The van der Waals surface area contributed by atoms with Crippen LogP contribution in [0, 0.1) is 11.3 Å². The van der Waals surface area contributed by atoms with Gasteiger partial charge in [-0.15, -0.1) is 0 Å². The van der Waals surface area contributed by atoms with Crippen molar-refractivity contribution in [2.75, 3.05) is 5.32 Å². The van der Waals surface area contributed by atoms with Crippen LogP contribution in [0.4, 0.5) is 10.5 Å². The van der Waals surface area contributed by atoms with Crippen molar-refractivity contribution < 1.29 is 19.1 Å². The average Bonchev–Trinajstić information content (AvgIpc) is 3.26. The van der Waals surface area contributed by atoms with E-state index in [0.29, 0.717) is 34.0 Å². The lowest BCUT2D eigenvalue weighted by molar-refractivity contribution is -0.0618. The number of aromatic nitrogens is 1. The van der Waals surface area contributed by atoms with E-state index in [1.54, 1.807) is 56.4 Å². The van der Waals surface area contributed by atoms with Gasteiger partial charge in [0.05, 0.1) is 23.9 Å². The number of ether oxygens (including phenoxy) is 1. The van der Waals surface area contributed by atoms with E-state index in [4.69, 9.17) is 9.15 Å². The molecule has 0 saturated carbocycles. The summed E-state index contributed by atoms with van der Waals surface area (Å²) in [6.45, 7) is 3.48. The molecule has 4 rings (SSSR count). The van der Waals surface area contributed by atoms with Gasteiger partial charge in [0.1, 0.15) is 23.7 Å². The Kier molecular flexibility index (Phi) is 4.90. The minimum atomic E-state index is -1.02. The summed E-state index contributed by atoms with van der Waals surface area (Å²) in [5.74, 6) is 0.958. The summed E-state index contributed by atoms with van der Waals surface area (Å²) < 4.78 is 11.2. The second-order valence-electron chi connectivity index (χ2n) is 7.51. The third-order valence-corrected chi connectivity index (χ3v) is 4.96. The second-order valence-corrected chi connectivity index (χ2v) is 7.51. The van der Waals surface area contributed by atoms with Gasteiger partial charge in [-0.25, -0.2) is 9.78 Å². The molecule has 0 radical (unpaired) electrons. The standard InChI is InChI=1S/C22H20N4O4/c1-22(2)19(27)18(16-10-13(12-23)6-7-17(16)30-22)26-21(28)25-15-5-3-4-14(11-15)20-24-8-9-29-20/h3-11,18-19,27H,1-2H3,(H2,25,26,28)/t18-,19+/m1/s1. The van der Waals surface area contributed by atoms with Gasteiger partial charge >= 0.3 is 6.03 Å². The molecule has 30 heavy (non-hydrogen) atoms. The Morgan fingerprint density at radius 3 is 2.83 bits per heavy atom. The molecule has 2 amide bonds. The minimum absolute atomic E-state index is 0.412. The van der Waals surface area contributed by atoms with Gasteiger partial charge in [-0.2, -0.15) is 5.26 Å². The number of rotatable bonds is 3. The Balaban J connectivity index is 1.57. The molecule has 3 N–H and O–H groups in total. The smallest absolute Gasteiger partial charge is 0.319 e. The number of fused-ring (bicyclic) bond motifs is 1. The summed E-state index contributed by atoms with van der Waals surface area (Å²) in [6, 6.07) is 12.8. The minimum Gasteiger partial charge on any atom is -0.485 e. The van der Waals surface area contributed by atoms with Crippen LogP contribution < -0.4 is 15.4 Å². The number of hydrogen-bond donors (Lipinski definition) is 3. The summed E-state index contributed by atoms with van der Waals surface area (Å²) in [7, 11) is 0. The molecule has 2 heterocycles. The van der Waals surface area contributed by atoms with Crippen LogP contribution >= 0.6 is 0 Å². The Hall–Kier alpha value is -3.83. The highest BCUT2D eigenvalue weighted by atomic mass is 16.5. The van der Waals surface area contributed by atoms with Gasteiger partial charge in [-0.3, -0.25) is 0 Å². The predicted octanol–water partition coefficient (Wildman–Crippen LogP) is 3.61. The molecule has 0 fully saturated rings. The first-order valence-corrected chi connectivity index (χ1v) is 9.36. The normalized spacial score (nSPS) is 19.1. The van der Waals surface area contributed by atoms with E-state index < -0.39 is 23.8 Å². The first kappa shape index (κ1) is 19.5. The zero-order valence-corrected chi connectivity index (χ0v) is 16.4. The number of hydrogen-bond acceptors (Lipinski definition) is 6.